The summed E-state index contributed by atoms with van der Waals surface area (Å²) < 4.78 is 5.70. The van der Waals surface area contributed by atoms with Gasteiger partial charge in [-0.25, -0.2) is 0 Å². The fourth-order valence-corrected chi connectivity index (χ4v) is 3.11. The molecule has 0 spiro atoms. The highest BCUT2D eigenvalue weighted by Gasteiger charge is 2.33. The van der Waals surface area contributed by atoms with Gasteiger partial charge < -0.3 is 20.3 Å². The number of carbonyl (C=O) groups excluding carboxylic acids is 3. The fraction of sp³-hybridized carbons (Fsp3) is 0.286. The van der Waals surface area contributed by atoms with Gasteiger partial charge in [-0.15, -0.1) is 0 Å². The summed E-state index contributed by atoms with van der Waals surface area (Å²) in [5, 5.41) is 5.33. The maximum absolute atomic E-state index is 12.8. The van der Waals surface area contributed by atoms with Crippen LogP contribution in [0.3, 0.4) is 0 Å². The van der Waals surface area contributed by atoms with E-state index in [1.807, 2.05) is 25.1 Å². The zero-order chi connectivity index (χ0) is 20.1. The molecule has 1 atom stereocenters. The van der Waals surface area contributed by atoms with Crippen LogP contribution >= 0.6 is 0 Å². The molecule has 2 aromatic carbocycles. The van der Waals surface area contributed by atoms with Gasteiger partial charge in [0.25, 0.3) is 11.8 Å². The Morgan fingerprint density at radius 2 is 1.82 bits per heavy atom. The van der Waals surface area contributed by atoms with Crippen molar-refractivity contribution >= 4 is 23.4 Å². The van der Waals surface area contributed by atoms with E-state index in [1.54, 1.807) is 35.2 Å². The molecule has 146 valence electrons. The van der Waals surface area contributed by atoms with Gasteiger partial charge in [-0.2, -0.15) is 0 Å². The van der Waals surface area contributed by atoms with Gasteiger partial charge in [-0.1, -0.05) is 30.3 Å². The molecule has 0 saturated carbocycles. The van der Waals surface area contributed by atoms with E-state index in [2.05, 4.69) is 10.6 Å². The van der Waals surface area contributed by atoms with E-state index in [0.29, 0.717) is 17.0 Å². The zero-order valence-corrected chi connectivity index (χ0v) is 15.9. The number of rotatable bonds is 5. The monoisotopic (exact) mass is 381 g/mol. The second kappa shape index (κ2) is 8.56. The van der Waals surface area contributed by atoms with Crippen LogP contribution in [0.15, 0.2) is 48.5 Å². The van der Waals surface area contributed by atoms with E-state index in [1.165, 1.54) is 7.05 Å². The number of benzene rings is 2. The summed E-state index contributed by atoms with van der Waals surface area (Å²) in [6.45, 7) is 2.20. The number of aryl methyl sites for hydroxylation is 1. The van der Waals surface area contributed by atoms with Gasteiger partial charge in [0, 0.05) is 25.6 Å². The standard InChI is InChI=1S/C21H23N3O4/c1-14-7-3-4-8-15(14)20(26)23-12-11-19(25)24-13-18(21(27)22-2)28-17-10-6-5-9-16(17)24/h3-10,18H,11-13H2,1-2H3,(H,22,27)(H,23,26)/t18-/m1/s1. The number of hydrogen-bond donors (Lipinski definition) is 2. The van der Waals surface area contributed by atoms with E-state index < -0.39 is 6.10 Å². The quantitative estimate of drug-likeness (QED) is 0.825. The van der Waals surface area contributed by atoms with Crippen molar-refractivity contribution in [2.45, 2.75) is 19.4 Å². The van der Waals surface area contributed by atoms with Gasteiger partial charge in [0.1, 0.15) is 5.75 Å². The predicted octanol–water partition coefficient (Wildman–Crippen LogP) is 1.66. The van der Waals surface area contributed by atoms with Gasteiger partial charge in [0.2, 0.25) is 5.91 Å². The Labute approximate surface area is 163 Å². The number of nitrogens with zero attached hydrogens (tertiary/aromatic N) is 1. The number of carbonyl (C=O) groups is 3. The van der Waals surface area contributed by atoms with Gasteiger partial charge in [0.15, 0.2) is 6.10 Å². The fourth-order valence-electron chi connectivity index (χ4n) is 3.11. The van der Waals surface area contributed by atoms with E-state index in [0.717, 1.165) is 5.56 Å². The molecule has 2 N–H and O–H groups in total. The van der Waals surface area contributed by atoms with E-state index >= 15 is 0 Å². The lowest BCUT2D eigenvalue weighted by atomic mass is 10.1. The molecule has 0 aliphatic carbocycles. The van der Waals surface area contributed by atoms with E-state index in [-0.39, 0.29) is 37.2 Å². The summed E-state index contributed by atoms with van der Waals surface area (Å²) in [5.41, 5.74) is 2.09. The van der Waals surface area contributed by atoms with Crippen LogP contribution in [0.1, 0.15) is 22.3 Å². The Bertz CT molecular complexity index is 897. The molecule has 3 rings (SSSR count). The summed E-state index contributed by atoms with van der Waals surface area (Å²) in [6, 6.07) is 14.4. The van der Waals surface area contributed by atoms with Crippen molar-refractivity contribution in [3.63, 3.8) is 0 Å². The highest BCUT2D eigenvalue weighted by atomic mass is 16.5. The van der Waals surface area contributed by atoms with Gasteiger partial charge in [0.05, 0.1) is 12.2 Å². The van der Waals surface area contributed by atoms with E-state index in [9.17, 15) is 14.4 Å². The second-order valence-corrected chi connectivity index (χ2v) is 6.51. The first-order valence-electron chi connectivity index (χ1n) is 9.12. The third kappa shape index (κ3) is 4.14. The molecule has 0 unspecified atom stereocenters. The summed E-state index contributed by atoms with van der Waals surface area (Å²) in [6.07, 6.45) is -0.655. The summed E-state index contributed by atoms with van der Waals surface area (Å²) in [5.74, 6) is -0.203. The molecule has 2 aromatic rings. The molecule has 0 bridgehead atoms. The number of likely N-dealkylation sites (N-methyl/N-ethyl adjacent to an activating group) is 1. The molecule has 1 aliphatic heterocycles. The van der Waals surface area contributed by atoms with Crippen LogP contribution in [0.5, 0.6) is 5.75 Å². The van der Waals surface area contributed by atoms with Crippen molar-refractivity contribution in [1.29, 1.82) is 0 Å². The highest BCUT2D eigenvalue weighted by molar-refractivity contribution is 5.98. The molecule has 28 heavy (non-hydrogen) atoms. The Kier molecular flexibility index (Phi) is 5.93. The number of para-hydroxylation sites is 2. The van der Waals surface area contributed by atoms with Crippen molar-refractivity contribution in [2.75, 3.05) is 25.0 Å². The number of fused-ring (bicyclic) bond motifs is 1. The Morgan fingerprint density at radius 3 is 2.57 bits per heavy atom. The lowest BCUT2D eigenvalue weighted by Gasteiger charge is -2.34. The summed E-state index contributed by atoms with van der Waals surface area (Å²) in [7, 11) is 1.53. The van der Waals surface area contributed by atoms with Gasteiger partial charge >= 0.3 is 0 Å². The molecular weight excluding hydrogens is 358 g/mol. The molecule has 0 radical (unpaired) electrons. The molecule has 0 aromatic heterocycles. The molecular formula is C21H23N3O4. The minimum absolute atomic E-state index is 0.117. The average molecular weight is 381 g/mol. The number of anilines is 1. The largest absolute Gasteiger partial charge is 0.477 e. The lowest BCUT2D eigenvalue weighted by molar-refractivity contribution is -0.127. The summed E-state index contributed by atoms with van der Waals surface area (Å²) >= 11 is 0. The summed E-state index contributed by atoms with van der Waals surface area (Å²) in [4.78, 5) is 38.6. The number of nitrogens with one attached hydrogen (secondary N) is 2. The van der Waals surface area contributed by atoms with Gasteiger partial charge in [-0.05, 0) is 30.7 Å². The lowest BCUT2D eigenvalue weighted by Crippen LogP contribution is -2.50. The molecule has 7 heteroatoms. The number of amides is 3. The van der Waals surface area contributed by atoms with Crippen LogP contribution in [-0.2, 0) is 9.59 Å². The Balaban J connectivity index is 1.65. The van der Waals surface area contributed by atoms with Crippen molar-refractivity contribution in [3.8, 4) is 5.75 Å². The first-order chi connectivity index (χ1) is 13.5. The average Bonchev–Trinajstić information content (AvgIpc) is 2.72. The Morgan fingerprint density at radius 1 is 1.11 bits per heavy atom. The van der Waals surface area contributed by atoms with Gasteiger partial charge in [-0.3, -0.25) is 14.4 Å². The zero-order valence-electron chi connectivity index (χ0n) is 15.9. The molecule has 1 aliphatic rings. The maximum Gasteiger partial charge on any atom is 0.262 e. The molecule has 1 heterocycles. The first-order valence-corrected chi connectivity index (χ1v) is 9.12. The minimum Gasteiger partial charge on any atom is -0.477 e. The van der Waals surface area contributed by atoms with Crippen molar-refractivity contribution in [3.05, 3.63) is 59.7 Å². The SMILES string of the molecule is CNC(=O)[C@H]1CN(C(=O)CCNC(=O)c2ccccc2C)c2ccccc2O1. The van der Waals surface area contributed by atoms with Crippen LogP contribution in [0, 0.1) is 6.92 Å². The van der Waals surface area contributed by atoms with Crippen LogP contribution in [-0.4, -0.2) is 44.0 Å². The maximum atomic E-state index is 12.8. The van der Waals surface area contributed by atoms with Crippen molar-refractivity contribution < 1.29 is 19.1 Å². The number of hydrogen-bond acceptors (Lipinski definition) is 4. The number of ether oxygens (including phenoxy) is 1. The molecule has 7 nitrogen and oxygen atoms in total. The third-order valence-electron chi connectivity index (χ3n) is 4.63. The smallest absolute Gasteiger partial charge is 0.262 e. The molecule has 0 saturated heterocycles. The van der Waals surface area contributed by atoms with Crippen LogP contribution < -0.4 is 20.3 Å². The first kappa shape index (κ1) is 19.4. The minimum atomic E-state index is -0.773. The normalized spacial score (nSPS) is 15.2. The topological polar surface area (TPSA) is 87.7 Å². The second-order valence-electron chi connectivity index (χ2n) is 6.51. The molecule has 3 amide bonds. The van der Waals surface area contributed by atoms with Crippen molar-refractivity contribution in [1.82, 2.24) is 10.6 Å². The van der Waals surface area contributed by atoms with Crippen LogP contribution in [0.4, 0.5) is 5.69 Å². The molecule has 0 fully saturated rings. The predicted molar refractivity (Wildman–Crippen MR) is 105 cm³/mol. The van der Waals surface area contributed by atoms with E-state index in [4.69, 9.17) is 4.74 Å². The third-order valence-corrected chi connectivity index (χ3v) is 4.63. The van der Waals surface area contributed by atoms with Crippen molar-refractivity contribution in [2.24, 2.45) is 0 Å². The van der Waals surface area contributed by atoms with Crippen LogP contribution in [0.25, 0.3) is 0 Å². The highest BCUT2D eigenvalue weighted by Crippen LogP contribution is 2.33. The van der Waals surface area contributed by atoms with Crippen LogP contribution in [0.2, 0.25) is 0 Å². The Hall–Kier alpha value is -3.35.